The van der Waals surface area contributed by atoms with Gasteiger partial charge < -0.3 is 4.74 Å². The van der Waals surface area contributed by atoms with Gasteiger partial charge in [0.15, 0.2) is 0 Å². The van der Waals surface area contributed by atoms with Crippen molar-refractivity contribution in [1.29, 1.82) is 0 Å². The minimum absolute atomic E-state index is 0.0146. The molecule has 0 fully saturated rings. The number of esters is 1. The van der Waals surface area contributed by atoms with E-state index in [1.807, 2.05) is 0 Å². The van der Waals surface area contributed by atoms with E-state index in [1.54, 1.807) is 0 Å². The van der Waals surface area contributed by atoms with Crippen LogP contribution in [0.1, 0.15) is 41.4 Å². The van der Waals surface area contributed by atoms with Crippen LogP contribution in [0, 0.1) is 0 Å². The minimum Gasteiger partial charge on any atom is -0.461 e. The maximum atomic E-state index is 14.3. The quantitative estimate of drug-likeness (QED) is 0.303. The van der Waals surface area contributed by atoms with Crippen molar-refractivity contribution in [3.63, 3.8) is 0 Å². The number of nitrogens with zero attached hydrogens (tertiary/aromatic N) is 2. The van der Waals surface area contributed by atoms with Crippen LogP contribution in [0.15, 0.2) is 39.8 Å². The van der Waals surface area contributed by atoms with E-state index >= 15 is 0 Å². The van der Waals surface area contributed by atoms with E-state index < -0.39 is 59.8 Å². The monoisotopic (exact) mass is 576 g/mol. The molecule has 14 heteroatoms. The average molecular weight is 577 g/mol. The van der Waals surface area contributed by atoms with Gasteiger partial charge in [-0.1, -0.05) is 28.1 Å². The van der Waals surface area contributed by atoms with Crippen LogP contribution in [-0.4, -0.2) is 29.4 Å². The Hall–Kier alpha value is -2.64. The number of rotatable bonds is 4. The topological polar surface area (TPSA) is 51.5 Å². The first-order valence-electron chi connectivity index (χ1n) is 9.63. The van der Waals surface area contributed by atoms with Crippen LogP contribution in [0.25, 0.3) is 0 Å². The number of aliphatic imine (C=N–C) groups is 1. The molecule has 0 spiro atoms. The fourth-order valence-electron chi connectivity index (χ4n) is 3.49. The number of hydrogen-bond acceptors (Lipinski definition) is 4. The molecule has 0 aliphatic carbocycles. The normalized spacial score (nSPS) is 19.0. The Morgan fingerprint density at radius 1 is 1.00 bits per heavy atom. The van der Waals surface area contributed by atoms with Gasteiger partial charge in [0.05, 0.1) is 6.54 Å². The van der Waals surface area contributed by atoms with Gasteiger partial charge in [0, 0.05) is 29.1 Å². The summed E-state index contributed by atoms with van der Waals surface area (Å²) in [5, 5.41) is 0. The second kappa shape index (κ2) is 9.10. The largest absolute Gasteiger partial charge is 0.461 e. The van der Waals surface area contributed by atoms with E-state index in [4.69, 9.17) is 4.74 Å². The Kier molecular flexibility index (Phi) is 7.01. The molecular weight excluding hydrogens is 563 g/mol. The third-order valence-corrected chi connectivity index (χ3v) is 6.07. The Balaban J connectivity index is 2.05. The third-order valence-electron chi connectivity index (χ3n) is 5.33. The average Bonchev–Trinajstić information content (AvgIpc) is 3.18. The first-order chi connectivity index (χ1) is 15.9. The number of halogens is 10. The first-order valence-corrected chi connectivity index (χ1v) is 10.4. The second-order valence-corrected chi connectivity index (χ2v) is 8.58. The van der Waals surface area contributed by atoms with Crippen LogP contribution in [0.2, 0.25) is 0 Å². The highest BCUT2D eigenvalue weighted by molar-refractivity contribution is 9.10. The molecule has 1 aliphatic heterocycles. The second-order valence-electron chi connectivity index (χ2n) is 7.73. The molecule has 1 aliphatic rings. The van der Waals surface area contributed by atoms with E-state index in [1.165, 1.54) is 25.1 Å². The highest BCUT2D eigenvalue weighted by Crippen LogP contribution is 2.49. The lowest BCUT2D eigenvalue weighted by Crippen LogP contribution is -2.44. The maximum Gasteiger partial charge on any atom is 0.433 e. The lowest BCUT2D eigenvalue weighted by atomic mass is 9.76. The van der Waals surface area contributed by atoms with Crippen molar-refractivity contribution in [1.82, 2.24) is 4.98 Å². The molecule has 0 radical (unpaired) electrons. The van der Waals surface area contributed by atoms with Gasteiger partial charge >= 0.3 is 24.5 Å². The van der Waals surface area contributed by atoms with Crippen molar-refractivity contribution in [2.75, 3.05) is 6.54 Å². The van der Waals surface area contributed by atoms with E-state index in [9.17, 15) is 44.3 Å². The van der Waals surface area contributed by atoms with Crippen molar-refractivity contribution in [2.45, 2.75) is 43.9 Å². The number of benzene rings is 1. The molecule has 3 rings (SSSR count). The summed E-state index contributed by atoms with van der Waals surface area (Å²) < 4.78 is 127. The van der Waals surface area contributed by atoms with Crippen LogP contribution in [0.3, 0.4) is 0 Å². The summed E-state index contributed by atoms with van der Waals surface area (Å²) in [7, 11) is 0. The van der Waals surface area contributed by atoms with E-state index in [2.05, 4.69) is 25.9 Å². The van der Waals surface area contributed by atoms with E-state index in [0.717, 1.165) is 0 Å². The molecular formula is C21H14BrF9N2O2. The lowest BCUT2D eigenvalue weighted by molar-refractivity contribution is -0.185. The van der Waals surface area contributed by atoms with Crippen LogP contribution in [0.4, 0.5) is 39.5 Å². The smallest absolute Gasteiger partial charge is 0.433 e. The number of ether oxygens (including phenoxy) is 1. The molecule has 2 heterocycles. The molecule has 2 aromatic rings. The van der Waals surface area contributed by atoms with Gasteiger partial charge in [-0.15, -0.1) is 0 Å². The van der Waals surface area contributed by atoms with Crippen molar-refractivity contribution >= 4 is 27.6 Å². The highest BCUT2D eigenvalue weighted by Gasteiger charge is 2.59. The third kappa shape index (κ3) is 5.62. The molecule has 0 saturated carbocycles. The molecule has 1 aromatic carbocycles. The molecule has 0 N–H and O–H groups in total. The van der Waals surface area contributed by atoms with Crippen LogP contribution in [0.5, 0.6) is 0 Å². The summed E-state index contributed by atoms with van der Waals surface area (Å²) in [6.07, 6.45) is -17.1. The fraction of sp³-hybridized carbons (Fsp3) is 0.381. The van der Waals surface area contributed by atoms with Gasteiger partial charge in [0.2, 0.25) is 0 Å². The zero-order chi connectivity index (χ0) is 26.4. The Labute approximate surface area is 200 Å². The van der Waals surface area contributed by atoms with Gasteiger partial charge in [-0.05, 0) is 29.3 Å². The summed E-state index contributed by atoms with van der Waals surface area (Å²) in [6, 6.07) is 4.15. The molecule has 0 amide bonds. The minimum atomic E-state index is -5.41. The molecule has 1 atom stereocenters. The summed E-state index contributed by atoms with van der Waals surface area (Å²) in [6.45, 7) is -0.0658. The predicted molar refractivity (Wildman–Crippen MR) is 108 cm³/mol. The van der Waals surface area contributed by atoms with Crippen molar-refractivity contribution in [3.05, 3.63) is 62.9 Å². The van der Waals surface area contributed by atoms with Gasteiger partial charge in [-0.25, -0.2) is 4.98 Å². The molecule has 0 saturated heterocycles. The number of carbonyl (C=O) groups excluding carboxylic acids is 1. The molecule has 190 valence electrons. The van der Waals surface area contributed by atoms with E-state index in [-0.39, 0.29) is 30.0 Å². The number of pyridine rings is 1. The summed E-state index contributed by atoms with van der Waals surface area (Å²) in [5.41, 5.74) is -8.06. The van der Waals surface area contributed by atoms with Crippen LogP contribution >= 0.6 is 15.9 Å². The van der Waals surface area contributed by atoms with Crippen molar-refractivity contribution in [3.8, 4) is 0 Å². The van der Waals surface area contributed by atoms with Crippen molar-refractivity contribution < 1.29 is 49.0 Å². The first kappa shape index (κ1) is 27.0. The molecule has 4 nitrogen and oxygen atoms in total. The summed E-state index contributed by atoms with van der Waals surface area (Å²) >= 11 is 3.19. The lowest BCUT2D eigenvalue weighted by Gasteiger charge is -2.32. The number of hydrogen-bond donors (Lipinski definition) is 0. The summed E-state index contributed by atoms with van der Waals surface area (Å²) in [4.78, 5) is 17.3. The van der Waals surface area contributed by atoms with Gasteiger partial charge in [0.25, 0.3) is 0 Å². The van der Waals surface area contributed by atoms with Crippen LogP contribution < -0.4 is 0 Å². The molecule has 35 heavy (non-hydrogen) atoms. The number of alkyl halides is 9. The van der Waals surface area contributed by atoms with Gasteiger partial charge in [-0.3, -0.25) is 9.79 Å². The molecule has 1 unspecified atom stereocenters. The van der Waals surface area contributed by atoms with E-state index in [0.29, 0.717) is 10.0 Å². The zero-order valence-corrected chi connectivity index (χ0v) is 19.1. The predicted octanol–water partition coefficient (Wildman–Crippen LogP) is 6.64. The maximum absolute atomic E-state index is 14.3. The van der Waals surface area contributed by atoms with Gasteiger partial charge in [0.1, 0.15) is 23.4 Å². The van der Waals surface area contributed by atoms with Crippen LogP contribution in [-0.2, 0) is 33.9 Å². The SMILES string of the molecule is CC(=O)OCc1ccc(C2=NCC(c3cc(C(F)(F)F)nc(C(F)(F)F)c3)(C(F)(F)F)C2)cc1Br. The Morgan fingerprint density at radius 3 is 2.03 bits per heavy atom. The Morgan fingerprint density at radius 2 is 1.57 bits per heavy atom. The summed E-state index contributed by atoms with van der Waals surface area (Å²) in [5.74, 6) is -0.565. The number of carbonyl (C=O) groups is 1. The fourth-order valence-corrected chi connectivity index (χ4v) is 3.98. The Bertz CT molecular complexity index is 1140. The highest BCUT2D eigenvalue weighted by atomic mass is 79.9. The van der Waals surface area contributed by atoms with Crippen molar-refractivity contribution in [2.24, 2.45) is 4.99 Å². The number of aromatic nitrogens is 1. The molecule has 1 aromatic heterocycles. The zero-order valence-electron chi connectivity index (χ0n) is 17.5. The molecule has 0 bridgehead atoms. The standard InChI is InChI=1S/C21H14BrF9N2O2/c1-10(34)35-8-12-3-2-11(4-14(12)22)15-7-18(9-32-15,21(29,30)31)13-5-16(19(23,24)25)33-17(6-13)20(26,27)28/h2-6H,7-9H2,1H3. The van der Waals surface area contributed by atoms with Gasteiger partial charge in [-0.2, -0.15) is 39.5 Å².